The lowest BCUT2D eigenvalue weighted by atomic mass is 10.2. The average molecular weight is 289 g/mol. The molecule has 0 unspecified atom stereocenters. The highest BCUT2D eigenvalue weighted by Gasteiger charge is 2.05. The van der Waals surface area contributed by atoms with Crippen LogP contribution in [0.5, 0.6) is 0 Å². The van der Waals surface area contributed by atoms with Gasteiger partial charge in [-0.25, -0.2) is 4.98 Å². The summed E-state index contributed by atoms with van der Waals surface area (Å²) in [5.41, 5.74) is 2.48. The quantitative estimate of drug-likeness (QED) is 0.676. The van der Waals surface area contributed by atoms with E-state index in [0.29, 0.717) is 0 Å². The first-order valence-electron chi connectivity index (χ1n) is 3.71. The van der Waals surface area contributed by atoms with E-state index < -0.39 is 0 Å². The average Bonchev–Trinajstić information content (AvgIpc) is 2.39. The lowest BCUT2D eigenvalue weighted by Gasteiger charge is -1.96. The molecule has 1 nitrogen and oxygen atoms in total. The number of halogens is 1. The van der Waals surface area contributed by atoms with Gasteiger partial charge in [0.2, 0.25) is 0 Å². The van der Waals surface area contributed by atoms with Crippen LogP contribution >= 0.6 is 33.9 Å². The summed E-state index contributed by atoms with van der Waals surface area (Å²) in [5, 5.41) is 1.15. The lowest BCUT2D eigenvalue weighted by molar-refractivity contribution is 1.33. The van der Waals surface area contributed by atoms with Crippen LogP contribution in [0.3, 0.4) is 0 Å². The van der Waals surface area contributed by atoms with Crippen molar-refractivity contribution in [1.82, 2.24) is 4.98 Å². The fourth-order valence-corrected chi connectivity index (χ4v) is 2.78. The first kappa shape index (κ1) is 8.44. The zero-order chi connectivity index (χ0) is 8.72. The molecule has 2 rings (SSSR count). The number of aryl methyl sites for hydroxylation is 2. The predicted molar refractivity (Wildman–Crippen MR) is 61.8 cm³/mol. The second-order valence-electron chi connectivity index (χ2n) is 2.78. The van der Waals surface area contributed by atoms with Crippen LogP contribution in [0.15, 0.2) is 12.1 Å². The molecule has 0 N–H and O–H groups in total. The summed E-state index contributed by atoms with van der Waals surface area (Å²) in [5.74, 6) is 0. The van der Waals surface area contributed by atoms with Gasteiger partial charge in [-0.3, -0.25) is 0 Å². The molecule has 1 aromatic heterocycles. The molecule has 12 heavy (non-hydrogen) atoms. The Morgan fingerprint density at radius 3 is 2.83 bits per heavy atom. The van der Waals surface area contributed by atoms with E-state index in [1.165, 1.54) is 13.8 Å². The largest absolute Gasteiger partial charge is 0.240 e. The van der Waals surface area contributed by atoms with Gasteiger partial charge in [0.25, 0.3) is 0 Å². The molecular formula is C9H8INS. The summed E-state index contributed by atoms with van der Waals surface area (Å²) in [7, 11) is 0. The zero-order valence-electron chi connectivity index (χ0n) is 6.89. The molecule has 1 heterocycles. The summed E-state index contributed by atoms with van der Waals surface area (Å²) in [6.45, 7) is 4.17. The molecule has 2 aromatic rings. The maximum absolute atomic E-state index is 4.48. The van der Waals surface area contributed by atoms with Gasteiger partial charge in [-0.05, 0) is 48.1 Å². The van der Waals surface area contributed by atoms with E-state index in [2.05, 4.69) is 53.6 Å². The van der Waals surface area contributed by atoms with Gasteiger partial charge in [0.05, 0.1) is 15.2 Å². The van der Waals surface area contributed by atoms with E-state index in [-0.39, 0.29) is 0 Å². The second-order valence-corrected chi connectivity index (χ2v) is 5.09. The van der Waals surface area contributed by atoms with Gasteiger partial charge in [0.15, 0.2) is 0 Å². The normalized spacial score (nSPS) is 10.9. The highest BCUT2D eigenvalue weighted by Crippen LogP contribution is 2.27. The van der Waals surface area contributed by atoms with Gasteiger partial charge in [-0.1, -0.05) is 6.07 Å². The van der Waals surface area contributed by atoms with Crippen LogP contribution in [0.2, 0.25) is 0 Å². The van der Waals surface area contributed by atoms with Gasteiger partial charge in [0.1, 0.15) is 0 Å². The van der Waals surface area contributed by atoms with E-state index in [4.69, 9.17) is 0 Å². The summed E-state index contributed by atoms with van der Waals surface area (Å²) in [6, 6.07) is 4.30. The van der Waals surface area contributed by atoms with E-state index in [0.717, 1.165) is 10.5 Å². The Morgan fingerprint density at radius 2 is 2.08 bits per heavy atom. The Labute approximate surface area is 89.0 Å². The summed E-state index contributed by atoms with van der Waals surface area (Å²) in [4.78, 5) is 4.48. The zero-order valence-corrected chi connectivity index (χ0v) is 9.86. The number of hydrogen-bond acceptors (Lipinski definition) is 2. The number of thiazole rings is 1. The maximum Gasteiger partial charge on any atom is 0.0951 e. The summed E-state index contributed by atoms with van der Waals surface area (Å²) in [6.07, 6.45) is 0. The first-order chi connectivity index (χ1) is 5.68. The Kier molecular flexibility index (Phi) is 2.08. The molecule has 3 heteroatoms. The molecule has 0 aliphatic rings. The van der Waals surface area contributed by atoms with Crippen molar-refractivity contribution in [3.63, 3.8) is 0 Å². The molecule has 0 aliphatic carbocycles. The van der Waals surface area contributed by atoms with E-state index >= 15 is 0 Å². The van der Waals surface area contributed by atoms with Crippen LogP contribution in [0.1, 0.15) is 10.6 Å². The van der Waals surface area contributed by atoms with Gasteiger partial charge < -0.3 is 0 Å². The third-order valence-corrected chi connectivity index (χ3v) is 4.10. The predicted octanol–water partition coefficient (Wildman–Crippen LogP) is 3.52. The Bertz CT molecular complexity index is 433. The number of fused-ring (bicyclic) bond motifs is 1. The molecule has 0 radical (unpaired) electrons. The van der Waals surface area contributed by atoms with Gasteiger partial charge in [-0.15, -0.1) is 11.3 Å². The van der Waals surface area contributed by atoms with Gasteiger partial charge in [-0.2, -0.15) is 0 Å². The summed E-state index contributed by atoms with van der Waals surface area (Å²) >= 11 is 4.12. The highest BCUT2D eigenvalue weighted by atomic mass is 127. The SMILES string of the molecule is Cc1nc2c(I)c(C)ccc2s1. The van der Waals surface area contributed by atoms with Crippen LogP contribution in [0, 0.1) is 17.4 Å². The third kappa shape index (κ3) is 1.25. The fourth-order valence-electron chi connectivity index (χ4n) is 1.17. The fraction of sp³-hybridized carbons (Fsp3) is 0.222. The number of benzene rings is 1. The van der Waals surface area contributed by atoms with Crippen LogP contribution in [-0.4, -0.2) is 4.98 Å². The number of hydrogen-bond donors (Lipinski definition) is 0. The number of rotatable bonds is 0. The molecule has 1 aromatic carbocycles. The van der Waals surface area contributed by atoms with Crippen molar-refractivity contribution in [2.75, 3.05) is 0 Å². The van der Waals surface area contributed by atoms with Crippen molar-refractivity contribution in [3.05, 3.63) is 26.3 Å². The molecule has 0 saturated heterocycles. The molecule has 0 fully saturated rings. The van der Waals surface area contributed by atoms with Gasteiger partial charge in [0, 0.05) is 3.57 Å². The third-order valence-electron chi connectivity index (χ3n) is 1.80. The maximum atomic E-state index is 4.48. The Morgan fingerprint density at radius 1 is 1.33 bits per heavy atom. The van der Waals surface area contributed by atoms with Crippen molar-refractivity contribution < 1.29 is 0 Å². The lowest BCUT2D eigenvalue weighted by Crippen LogP contribution is -1.80. The van der Waals surface area contributed by atoms with Gasteiger partial charge >= 0.3 is 0 Å². The molecule has 0 atom stereocenters. The molecule has 0 saturated carbocycles. The molecule has 62 valence electrons. The molecule has 0 spiro atoms. The smallest absolute Gasteiger partial charge is 0.0951 e. The summed E-state index contributed by atoms with van der Waals surface area (Å²) < 4.78 is 2.58. The van der Waals surface area contributed by atoms with Crippen molar-refractivity contribution in [3.8, 4) is 0 Å². The molecule has 0 amide bonds. The number of aromatic nitrogens is 1. The molecule has 0 bridgehead atoms. The molecular weight excluding hydrogens is 281 g/mol. The van der Waals surface area contributed by atoms with E-state index in [9.17, 15) is 0 Å². The number of nitrogens with zero attached hydrogens (tertiary/aromatic N) is 1. The minimum absolute atomic E-state index is 1.15. The second kappa shape index (κ2) is 2.96. The monoisotopic (exact) mass is 289 g/mol. The van der Waals surface area contributed by atoms with Crippen LogP contribution in [0.4, 0.5) is 0 Å². The Hall–Kier alpha value is -0.160. The highest BCUT2D eigenvalue weighted by molar-refractivity contribution is 14.1. The minimum atomic E-state index is 1.15. The minimum Gasteiger partial charge on any atom is -0.240 e. The topological polar surface area (TPSA) is 12.9 Å². The Balaban J connectivity index is 2.89. The van der Waals surface area contributed by atoms with Crippen molar-refractivity contribution in [1.29, 1.82) is 0 Å². The van der Waals surface area contributed by atoms with Crippen molar-refractivity contribution in [2.24, 2.45) is 0 Å². The first-order valence-corrected chi connectivity index (χ1v) is 5.60. The van der Waals surface area contributed by atoms with Crippen molar-refractivity contribution in [2.45, 2.75) is 13.8 Å². The standard InChI is InChI=1S/C9H8INS/c1-5-3-4-7-9(8(5)10)11-6(2)12-7/h3-4H,1-2H3. The van der Waals surface area contributed by atoms with E-state index in [1.807, 2.05) is 0 Å². The van der Waals surface area contributed by atoms with Crippen LogP contribution < -0.4 is 0 Å². The van der Waals surface area contributed by atoms with Crippen LogP contribution in [-0.2, 0) is 0 Å². The molecule has 0 aliphatic heterocycles. The van der Waals surface area contributed by atoms with E-state index in [1.54, 1.807) is 11.3 Å². The van der Waals surface area contributed by atoms with Crippen molar-refractivity contribution >= 4 is 44.1 Å². The van der Waals surface area contributed by atoms with Crippen LogP contribution in [0.25, 0.3) is 10.2 Å².